The Morgan fingerprint density at radius 1 is 1.30 bits per heavy atom. The Bertz CT molecular complexity index is 577. The number of hydrogen-bond acceptors (Lipinski definition) is 3. The number of nitrogens with one attached hydrogen (secondary N) is 1. The normalized spacial score (nSPS) is 12.2. The second-order valence-corrected chi connectivity index (χ2v) is 4.81. The minimum atomic E-state index is -0.120. The van der Waals surface area contributed by atoms with E-state index >= 15 is 0 Å². The van der Waals surface area contributed by atoms with Crippen molar-refractivity contribution in [3.63, 3.8) is 0 Å². The summed E-state index contributed by atoms with van der Waals surface area (Å²) in [4.78, 5) is 12.3. The number of nitrogens with zero attached hydrogens (tertiary/aromatic N) is 3. The molecule has 5 nitrogen and oxygen atoms in total. The van der Waals surface area contributed by atoms with Gasteiger partial charge in [-0.15, -0.1) is 10.2 Å². The van der Waals surface area contributed by atoms with E-state index in [1.165, 1.54) is 0 Å². The summed E-state index contributed by atoms with van der Waals surface area (Å²) in [6, 6.07) is 9.84. The van der Waals surface area contributed by atoms with Crippen molar-refractivity contribution in [1.29, 1.82) is 0 Å². The van der Waals surface area contributed by atoms with Crippen molar-refractivity contribution in [3.8, 4) is 0 Å². The molecule has 20 heavy (non-hydrogen) atoms. The van der Waals surface area contributed by atoms with Crippen LogP contribution >= 0.6 is 0 Å². The van der Waals surface area contributed by atoms with Crippen LogP contribution in [0.3, 0.4) is 0 Å². The Morgan fingerprint density at radius 3 is 2.55 bits per heavy atom. The largest absolute Gasteiger partial charge is 0.348 e. The fraction of sp³-hybridized carbons (Fsp3) is 0.400. The predicted molar refractivity (Wildman–Crippen MR) is 77.1 cm³/mol. The molecule has 1 aromatic carbocycles. The Morgan fingerprint density at radius 2 is 2.00 bits per heavy atom. The van der Waals surface area contributed by atoms with Crippen molar-refractivity contribution < 1.29 is 4.79 Å². The fourth-order valence-electron chi connectivity index (χ4n) is 2.15. The Kier molecular flexibility index (Phi) is 4.50. The fourth-order valence-corrected chi connectivity index (χ4v) is 2.15. The van der Waals surface area contributed by atoms with Crippen LogP contribution in [0.1, 0.15) is 36.5 Å². The molecule has 1 unspecified atom stereocenters. The van der Waals surface area contributed by atoms with Crippen molar-refractivity contribution in [3.05, 3.63) is 47.5 Å². The molecule has 0 fully saturated rings. The van der Waals surface area contributed by atoms with Crippen LogP contribution in [0, 0.1) is 6.92 Å². The van der Waals surface area contributed by atoms with Crippen LogP contribution in [0.2, 0.25) is 0 Å². The van der Waals surface area contributed by atoms with Gasteiger partial charge in [-0.2, -0.15) is 0 Å². The molecule has 0 aliphatic carbocycles. The van der Waals surface area contributed by atoms with Gasteiger partial charge in [0, 0.05) is 7.05 Å². The molecule has 1 N–H and O–H groups in total. The first kappa shape index (κ1) is 14.2. The molecule has 5 heteroatoms. The van der Waals surface area contributed by atoms with Gasteiger partial charge in [-0.25, -0.2) is 0 Å². The molecule has 1 amide bonds. The van der Waals surface area contributed by atoms with Gasteiger partial charge >= 0.3 is 0 Å². The van der Waals surface area contributed by atoms with Gasteiger partial charge in [-0.05, 0) is 18.9 Å². The summed E-state index contributed by atoms with van der Waals surface area (Å²) in [7, 11) is 1.89. The van der Waals surface area contributed by atoms with Crippen LogP contribution in [0.4, 0.5) is 0 Å². The van der Waals surface area contributed by atoms with E-state index in [4.69, 9.17) is 0 Å². The second-order valence-electron chi connectivity index (χ2n) is 4.81. The van der Waals surface area contributed by atoms with E-state index in [-0.39, 0.29) is 11.8 Å². The van der Waals surface area contributed by atoms with Gasteiger partial charge in [0.15, 0.2) is 5.82 Å². The van der Waals surface area contributed by atoms with Crippen molar-refractivity contribution in [2.45, 2.75) is 32.7 Å². The zero-order chi connectivity index (χ0) is 14.5. The minimum Gasteiger partial charge on any atom is -0.348 e. The highest BCUT2D eigenvalue weighted by atomic mass is 16.1. The summed E-state index contributed by atoms with van der Waals surface area (Å²) in [6.45, 7) is 4.31. The lowest BCUT2D eigenvalue weighted by Gasteiger charge is -2.15. The zero-order valence-corrected chi connectivity index (χ0v) is 12.1. The van der Waals surface area contributed by atoms with Gasteiger partial charge in [0.05, 0.1) is 12.5 Å². The molecule has 0 saturated carbocycles. The molecule has 106 valence electrons. The van der Waals surface area contributed by atoms with Gasteiger partial charge in [0.1, 0.15) is 5.82 Å². The van der Waals surface area contributed by atoms with Gasteiger partial charge in [-0.3, -0.25) is 4.79 Å². The highest BCUT2D eigenvalue weighted by Gasteiger charge is 2.18. The molecule has 2 aromatic rings. The molecule has 1 aromatic heterocycles. The van der Waals surface area contributed by atoms with E-state index in [1.54, 1.807) is 0 Å². The highest BCUT2D eigenvalue weighted by molar-refractivity contribution is 5.83. The van der Waals surface area contributed by atoms with Crippen LogP contribution in [-0.2, 0) is 18.4 Å². The third-order valence-corrected chi connectivity index (χ3v) is 3.53. The lowest BCUT2D eigenvalue weighted by molar-refractivity contribution is -0.122. The number of carbonyl (C=O) groups excluding carboxylic acids is 1. The topological polar surface area (TPSA) is 59.8 Å². The lowest BCUT2D eigenvalue weighted by Crippen LogP contribution is -2.29. The first-order valence-corrected chi connectivity index (χ1v) is 6.81. The summed E-state index contributed by atoms with van der Waals surface area (Å²) >= 11 is 0. The monoisotopic (exact) mass is 272 g/mol. The summed E-state index contributed by atoms with van der Waals surface area (Å²) in [5.41, 5.74) is 1.04. The molecule has 0 aliphatic heterocycles. The molecule has 0 bridgehead atoms. The average Bonchev–Trinajstić information content (AvgIpc) is 2.78. The lowest BCUT2D eigenvalue weighted by atomic mass is 9.96. The van der Waals surface area contributed by atoms with E-state index < -0.39 is 0 Å². The van der Waals surface area contributed by atoms with Gasteiger partial charge < -0.3 is 9.88 Å². The Balaban J connectivity index is 2.02. The molecule has 0 spiro atoms. The smallest absolute Gasteiger partial charge is 0.227 e. The van der Waals surface area contributed by atoms with E-state index in [0.717, 1.165) is 23.6 Å². The predicted octanol–water partition coefficient (Wildman–Crippen LogP) is 1.93. The molecular formula is C15H20N4O. The van der Waals surface area contributed by atoms with Crippen molar-refractivity contribution in [1.82, 2.24) is 20.1 Å². The molecule has 0 aliphatic rings. The Hall–Kier alpha value is -2.17. The molecule has 0 saturated heterocycles. The first-order chi connectivity index (χ1) is 9.63. The number of rotatable bonds is 5. The van der Waals surface area contributed by atoms with Crippen LogP contribution in [0.15, 0.2) is 30.3 Å². The third-order valence-electron chi connectivity index (χ3n) is 3.53. The van der Waals surface area contributed by atoms with Crippen molar-refractivity contribution in [2.24, 2.45) is 7.05 Å². The standard InChI is InChI=1S/C15H20N4O/c1-4-13(12-8-6-5-7-9-12)15(20)16-10-14-18-17-11(2)19(14)3/h5-9,13H,4,10H2,1-3H3,(H,16,20). The number of hydrogen-bond donors (Lipinski definition) is 1. The number of aryl methyl sites for hydroxylation is 1. The maximum Gasteiger partial charge on any atom is 0.227 e. The summed E-state index contributed by atoms with van der Waals surface area (Å²) < 4.78 is 1.88. The minimum absolute atomic E-state index is 0.0272. The van der Waals surface area contributed by atoms with Gasteiger partial charge in [0.2, 0.25) is 5.91 Å². The second kappa shape index (κ2) is 6.32. The summed E-state index contributed by atoms with van der Waals surface area (Å²) in [5, 5.41) is 11.0. The summed E-state index contributed by atoms with van der Waals surface area (Å²) in [5.74, 6) is 1.51. The maximum atomic E-state index is 12.3. The van der Waals surface area contributed by atoms with E-state index in [2.05, 4.69) is 15.5 Å². The maximum absolute atomic E-state index is 12.3. The molecule has 1 atom stereocenters. The highest BCUT2D eigenvalue weighted by Crippen LogP contribution is 2.19. The molecule has 2 rings (SSSR count). The van der Waals surface area contributed by atoms with Crippen LogP contribution < -0.4 is 5.32 Å². The van der Waals surface area contributed by atoms with Crippen molar-refractivity contribution >= 4 is 5.91 Å². The Labute approximate surface area is 119 Å². The van der Waals surface area contributed by atoms with Gasteiger partial charge in [-0.1, -0.05) is 37.3 Å². The van der Waals surface area contributed by atoms with Crippen LogP contribution in [0.5, 0.6) is 0 Å². The quantitative estimate of drug-likeness (QED) is 0.904. The van der Waals surface area contributed by atoms with Crippen LogP contribution in [0.25, 0.3) is 0 Å². The molecule has 1 heterocycles. The van der Waals surface area contributed by atoms with Crippen LogP contribution in [-0.4, -0.2) is 20.7 Å². The first-order valence-electron chi connectivity index (χ1n) is 6.81. The van der Waals surface area contributed by atoms with E-state index in [9.17, 15) is 4.79 Å². The number of benzene rings is 1. The van der Waals surface area contributed by atoms with E-state index in [1.807, 2.05) is 55.8 Å². The van der Waals surface area contributed by atoms with E-state index in [0.29, 0.717) is 6.54 Å². The molecule has 0 radical (unpaired) electrons. The number of aromatic nitrogens is 3. The van der Waals surface area contributed by atoms with Crippen molar-refractivity contribution in [2.75, 3.05) is 0 Å². The number of amides is 1. The molecular weight excluding hydrogens is 252 g/mol. The van der Waals surface area contributed by atoms with Gasteiger partial charge in [0.25, 0.3) is 0 Å². The average molecular weight is 272 g/mol. The third kappa shape index (κ3) is 3.04. The number of carbonyl (C=O) groups is 1. The SMILES string of the molecule is CCC(C(=O)NCc1nnc(C)n1C)c1ccccc1. The summed E-state index contributed by atoms with van der Waals surface area (Å²) in [6.07, 6.45) is 0.772. The zero-order valence-electron chi connectivity index (χ0n) is 12.1.